The van der Waals surface area contributed by atoms with Crippen molar-refractivity contribution in [1.29, 1.82) is 0 Å². The molecule has 8 heteroatoms. The summed E-state index contributed by atoms with van der Waals surface area (Å²) in [5.74, 6) is -0.799. The molecule has 0 saturated carbocycles. The van der Waals surface area contributed by atoms with Crippen molar-refractivity contribution in [3.8, 4) is 5.69 Å². The van der Waals surface area contributed by atoms with E-state index >= 15 is 0 Å². The molecule has 2 heterocycles. The molecule has 0 radical (unpaired) electrons. The zero-order chi connectivity index (χ0) is 20.9. The van der Waals surface area contributed by atoms with Gasteiger partial charge in [0.2, 0.25) is 0 Å². The van der Waals surface area contributed by atoms with E-state index < -0.39 is 15.7 Å². The first kappa shape index (κ1) is 19.3. The first-order valence-electron chi connectivity index (χ1n) is 9.11. The number of nitrogens with zero attached hydrogens (tertiary/aromatic N) is 2. The van der Waals surface area contributed by atoms with Gasteiger partial charge in [-0.1, -0.05) is 17.7 Å². The Balaban J connectivity index is 1.81. The number of hydrogen-bond acceptors (Lipinski definition) is 4. The SMILES string of the molecule is Cc1cc(C)c(C(=O)Nc2c3c(nn2-c2ccc(F)cc2)CS(=O)(=O)C3)c(C)c1. The van der Waals surface area contributed by atoms with Crippen LogP contribution in [0.15, 0.2) is 36.4 Å². The number of halogens is 1. The smallest absolute Gasteiger partial charge is 0.257 e. The molecule has 1 N–H and O–H groups in total. The van der Waals surface area contributed by atoms with Gasteiger partial charge in [-0.2, -0.15) is 5.10 Å². The average molecular weight is 413 g/mol. The molecule has 2 aromatic carbocycles. The Morgan fingerprint density at radius 1 is 1.07 bits per heavy atom. The van der Waals surface area contributed by atoms with Crippen LogP contribution in [0.1, 0.15) is 38.3 Å². The summed E-state index contributed by atoms with van der Waals surface area (Å²) in [4.78, 5) is 13.1. The molecule has 4 rings (SSSR count). The normalized spacial score (nSPS) is 14.6. The Morgan fingerprint density at radius 2 is 1.69 bits per heavy atom. The maximum atomic E-state index is 13.3. The number of aryl methyl sites for hydroxylation is 3. The number of hydrogen-bond donors (Lipinski definition) is 1. The van der Waals surface area contributed by atoms with Gasteiger partial charge >= 0.3 is 0 Å². The number of rotatable bonds is 3. The first-order chi connectivity index (χ1) is 13.6. The molecule has 1 aliphatic rings. The van der Waals surface area contributed by atoms with E-state index in [1.165, 1.54) is 28.9 Å². The second kappa shape index (κ2) is 6.81. The Morgan fingerprint density at radius 3 is 2.31 bits per heavy atom. The van der Waals surface area contributed by atoms with Crippen molar-refractivity contribution in [3.63, 3.8) is 0 Å². The molecule has 3 aromatic rings. The predicted octanol–water partition coefficient (Wildman–Crippen LogP) is 3.62. The molecule has 0 fully saturated rings. The predicted molar refractivity (Wildman–Crippen MR) is 108 cm³/mol. The molecule has 1 aliphatic heterocycles. The summed E-state index contributed by atoms with van der Waals surface area (Å²) in [5.41, 5.74) is 4.67. The molecule has 1 aromatic heterocycles. The quantitative estimate of drug-likeness (QED) is 0.711. The van der Waals surface area contributed by atoms with Gasteiger partial charge in [0, 0.05) is 11.1 Å². The van der Waals surface area contributed by atoms with E-state index in [9.17, 15) is 17.6 Å². The van der Waals surface area contributed by atoms with Crippen LogP contribution in [-0.2, 0) is 21.3 Å². The van der Waals surface area contributed by atoms with Gasteiger partial charge < -0.3 is 5.32 Å². The van der Waals surface area contributed by atoms with Crippen LogP contribution in [0.5, 0.6) is 0 Å². The van der Waals surface area contributed by atoms with Crippen molar-refractivity contribution in [1.82, 2.24) is 9.78 Å². The van der Waals surface area contributed by atoms with Crippen molar-refractivity contribution in [2.45, 2.75) is 32.3 Å². The Bertz CT molecular complexity index is 1220. The Kier molecular flexibility index (Phi) is 4.53. The van der Waals surface area contributed by atoms with Crippen LogP contribution in [-0.4, -0.2) is 24.1 Å². The zero-order valence-corrected chi connectivity index (χ0v) is 17.1. The van der Waals surface area contributed by atoms with Crippen LogP contribution in [0.25, 0.3) is 5.69 Å². The lowest BCUT2D eigenvalue weighted by Gasteiger charge is -2.14. The van der Waals surface area contributed by atoms with E-state index in [0.717, 1.165) is 16.7 Å². The van der Waals surface area contributed by atoms with E-state index in [-0.39, 0.29) is 17.4 Å². The number of sulfone groups is 1. The molecule has 0 unspecified atom stereocenters. The van der Waals surface area contributed by atoms with Gasteiger partial charge in [-0.05, 0) is 56.2 Å². The fraction of sp³-hybridized carbons (Fsp3) is 0.238. The maximum Gasteiger partial charge on any atom is 0.257 e. The highest BCUT2D eigenvalue weighted by Gasteiger charge is 2.33. The highest BCUT2D eigenvalue weighted by Crippen LogP contribution is 2.33. The molecule has 150 valence electrons. The average Bonchev–Trinajstić information content (AvgIpc) is 3.07. The van der Waals surface area contributed by atoms with Gasteiger partial charge in [0.1, 0.15) is 11.6 Å². The number of benzene rings is 2. The Hall–Kier alpha value is -3.00. The lowest BCUT2D eigenvalue weighted by molar-refractivity contribution is 0.102. The third kappa shape index (κ3) is 3.55. The van der Waals surface area contributed by atoms with Crippen molar-refractivity contribution in [3.05, 3.63) is 75.7 Å². The summed E-state index contributed by atoms with van der Waals surface area (Å²) in [6, 6.07) is 9.49. The topological polar surface area (TPSA) is 81.1 Å². The summed E-state index contributed by atoms with van der Waals surface area (Å²) in [5, 5.41) is 7.25. The number of fused-ring (bicyclic) bond motifs is 1. The van der Waals surface area contributed by atoms with Gasteiger partial charge in [0.25, 0.3) is 5.91 Å². The van der Waals surface area contributed by atoms with Gasteiger partial charge in [-0.25, -0.2) is 17.5 Å². The summed E-state index contributed by atoms with van der Waals surface area (Å²) >= 11 is 0. The summed E-state index contributed by atoms with van der Waals surface area (Å²) in [6.45, 7) is 5.69. The largest absolute Gasteiger partial charge is 0.306 e. The lowest BCUT2D eigenvalue weighted by Crippen LogP contribution is -2.19. The van der Waals surface area contributed by atoms with Crippen LogP contribution in [0, 0.1) is 26.6 Å². The van der Waals surface area contributed by atoms with Crippen LogP contribution >= 0.6 is 0 Å². The highest BCUT2D eigenvalue weighted by molar-refractivity contribution is 7.90. The van der Waals surface area contributed by atoms with Crippen molar-refractivity contribution in [2.75, 3.05) is 5.32 Å². The number of carbonyl (C=O) groups is 1. The minimum Gasteiger partial charge on any atom is -0.306 e. The molecular formula is C21H20FN3O3S. The minimum absolute atomic E-state index is 0.179. The number of aromatic nitrogens is 2. The third-order valence-corrected chi connectivity index (χ3v) is 6.44. The van der Waals surface area contributed by atoms with Gasteiger partial charge in [-0.15, -0.1) is 0 Å². The van der Waals surface area contributed by atoms with Gasteiger partial charge in [-0.3, -0.25) is 4.79 Å². The molecular weight excluding hydrogens is 393 g/mol. The standard InChI is InChI=1S/C21H20FN3O3S/c1-12-8-13(2)19(14(3)9-12)21(26)23-20-17-10-29(27,28)11-18(17)24-25(20)16-6-4-15(22)5-7-16/h4-9H,10-11H2,1-3H3,(H,23,26). The van der Waals surface area contributed by atoms with Crippen LogP contribution < -0.4 is 5.32 Å². The Labute approximate surface area is 168 Å². The summed E-state index contributed by atoms with van der Waals surface area (Å²) in [7, 11) is -3.30. The number of nitrogens with one attached hydrogen (secondary N) is 1. The second-order valence-corrected chi connectivity index (χ2v) is 9.49. The van der Waals surface area contributed by atoms with Crippen LogP contribution in [0.3, 0.4) is 0 Å². The highest BCUT2D eigenvalue weighted by atomic mass is 32.2. The monoisotopic (exact) mass is 413 g/mol. The molecule has 0 aliphatic carbocycles. The van der Waals surface area contributed by atoms with Gasteiger partial charge in [0.15, 0.2) is 9.84 Å². The molecule has 1 amide bonds. The maximum absolute atomic E-state index is 13.3. The number of anilines is 1. The lowest BCUT2D eigenvalue weighted by atomic mass is 9.99. The van der Waals surface area contributed by atoms with E-state index in [2.05, 4.69) is 10.4 Å². The molecule has 29 heavy (non-hydrogen) atoms. The first-order valence-corrected chi connectivity index (χ1v) is 10.9. The molecule has 0 saturated heterocycles. The van der Waals surface area contributed by atoms with Crippen LogP contribution in [0.2, 0.25) is 0 Å². The van der Waals surface area contributed by atoms with E-state index in [1.807, 2.05) is 32.9 Å². The molecule has 0 atom stereocenters. The second-order valence-electron chi connectivity index (χ2n) is 7.42. The molecule has 6 nitrogen and oxygen atoms in total. The number of amides is 1. The van der Waals surface area contributed by atoms with E-state index in [0.29, 0.717) is 28.3 Å². The molecule has 0 spiro atoms. The van der Waals surface area contributed by atoms with Crippen molar-refractivity contribution in [2.24, 2.45) is 0 Å². The fourth-order valence-corrected chi connectivity index (χ4v) is 5.34. The summed E-state index contributed by atoms with van der Waals surface area (Å²) < 4.78 is 39.0. The van der Waals surface area contributed by atoms with E-state index in [4.69, 9.17) is 0 Å². The van der Waals surface area contributed by atoms with Crippen LogP contribution in [0.4, 0.5) is 10.2 Å². The van der Waals surface area contributed by atoms with E-state index in [1.54, 1.807) is 0 Å². The minimum atomic E-state index is -3.30. The van der Waals surface area contributed by atoms with Crippen molar-refractivity contribution < 1.29 is 17.6 Å². The summed E-state index contributed by atoms with van der Waals surface area (Å²) in [6.07, 6.45) is 0. The molecule has 0 bridgehead atoms. The third-order valence-electron chi connectivity index (χ3n) is 4.99. The van der Waals surface area contributed by atoms with Crippen molar-refractivity contribution >= 4 is 21.6 Å². The van der Waals surface area contributed by atoms with Gasteiger partial charge in [0.05, 0.1) is 22.9 Å². The fourth-order valence-electron chi connectivity index (χ4n) is 3.85. The number of carbonyl (C=O) groups excluding carboxylic acids is 1. The zero-order valence-electron chi connectivity index (χ0n) is 16.3.